The number of anilines is 2. The highest BCUT2D eigenvalue weighted by Crippen LogP contribution is 2.35. The van der Waals surface area contributed by atoms with Gasteiger partial charge in [0.05, 0.1) is 19.1 Å². The summed E-state index contributed by atoms with van der Waals surface area (Å²) < 4.78 is 36.7. The summed E-state index contributed by atoms with van der Waals surface area (Å²) in [5.74, 6) is 0.651. The molecular formula is C19H22N2O5S. The van der Waals surface area contributed by atoms with E-state index in [9.17, 15) is 13.2 Å². The molecule has 144 valence electrons. The number of fused-ring (bicyclic) bond motifs is 1. The van der Waals surface area contributed by atoms with E-state index in [1.165, 1.54) is 4.31 Å². The minimum atomic E-state index is -3.49. The van der Waals surface area contributed by atoms with E-state index in [0.717, 1.165) is 11.8 Å². The second-order valence-electron chi connectivity index (χ2n) is 6.42. The highest BCUT2D eigenvalue weighted by Gasteiger charge is 2.31. The summed E-state index contributed by atoms with van der Waals surface area (Å²) in [6, 6.07) is 12.3. The summed E-state index contributed by atoms with van der Waals surface area (Å²) in [6.07, 6.45) is 0.566. The van der Waals surface area contributed by atoms with Crippen molar-refractivity contribution in [1.82, 2.24) is 0 Å². The summed E-state index contributed by atoms with van der Waals surface area (Å²) in [7, 11) is -1.94. The smallest absolute Gasteiger partial charge is 0.265 e. The Balaban J connectivity index is 1.86. The molecule has 1 aliphatic heterocycles. The Morgan fingerprint density at radius 1 is 1.26 bits per heavy atom. The van der Waals surface area contributed by atoms with Crippen molar-refractivity contribution in [1.29, 1.82) is 0 Å². The number of benzene rings is 2. The van der Waals surface area contributed by atoms with Crippen LogP contribution in [0, 0.1) is 6.92 Å². The molecule has 1 N–H and O–H groups in total. The Kier molecular flexibility index (Phi) is 5.27. The van der Waals surface area contributed by atoms with Crippen LogP contribution in [0.4, 0.5) is 11.4 Å². The van der Waals surface area contributed by atoms with E-state index in [1.54, 1.807) is 43.5 Å². The molecule has 0 saturated heterocycles. The Morgan fingerprint density at radius 3 is 2.74 bits per heavy atom. The number of methoxy groups -OCH3 is 1. The van der Waals surface area contributed by atoms with Crippen LogP contribution in [-0.4, -0.2) is 40.3 Å². The molecule has 0 unspecified atom stereocenters. The lowest BCUT2D eigenvalue weighted by Gasteiger charge is -2.21. The predicted molar refractivity (Wildman–Crippen MR) is 104 cm³/mol. The maximum absolute atomic E-state index is 12.7. The Bertz CT molecular complexity index is 958. The van der Waals surface area contributed by atoms with Gasteiger partial charge in [-0.05, 0) is 36.8 Å². The van der Waals surface area contributed by atoms with Gasteiger partial charge in [-0.2, -0.15) is 0 Å². The molecule has 2 aromatic rings. The van der Waals surface area contributed by atoms with Crippen molar-refractivity contribution in [3.63, 3.8) is 0 Å². The number of carbonyl (C=O) groups excluding carboxylic acids is 1. The first-order valence-electron chi connectivity index (χ1n) is 8.48. The number of rotatable bonds is 4. The number of ether oxygens (including phenoxy) is 2. The normalized spacial score (nSPS) is 16.7. The van der Waals surface area contributed by atoms with E-state index in [4.69, 9.17) is 9.47 Å². The summed E-state index contributed by atoms with van der Waals surface area (Å²) in [5.41, 5.74) is 1.94. The lowest BCUT2D eigenvalue weighted by atomic mass is 10.2. The van der Waals surface area contributed by atoms with Crippen LogP contribution in [-0.2, 0) is 14.8 Å². The number of amides is 1. The molecule has 0 fully saturated rings. The zero-order valence-corrected chi connectivity index (χ0v) is 16.2. The average Bonchev–Trinajstić information content (AvgIpc) is 2.81. The molecule has 0 radical (unpaired) electrons. The SMILES string of the molecule is COc1cccc(NC(=O)[C@H]2CCN(S(C)(=O)=O)c3cc(C)ccc3O2)c1. The van der Waals surface area contributed by atoms with Crippen LogP contribution in [0.2, 0.25) is 0 Å². The van der Waals surface area contributed by atoms with Crippen molar-refractivity contribution < 1.29 is 22.7 Å². The van der Waals surface area contributed by atoms with Gasteiger partial charge in [0.2, 0.25) is 10.0 Å². The Hall–Kier alpha value is -2.74. The second-order valence-corrected chi connectivity index (χ2v) is 8.33. The van der Waals surface area contributed by atoms with Gasteiger partial charge < -0.3 is 14.8 Å². The first-order chi connectivity index (χ1) is 12.8. The first-order valence-corrected chi connectivity index (χ1v) is 10.3. The number of nitrogens with one attached hydrogen (secondary N) is 1. The number of hydrogen-bond acceptors (Lipinski definition) is 5. The third kappa shape index (κ3) is 4.33. The zero-order chi connectivity index (χ0) is 19.6. The quantitative estimate of drug-likeness (QED) is 0.867. The van der Waals surface area contributed by atoms with Crippen LogP contribution in [0.15, 0.2) is 42.5 Å². The zero-order valence-electron chi connectivity index (χ0n) is 15.4. The van der Waals surface area contributed by atoms with E-state index in [-0.39, 0.29) is 18.9 Å². The van der Waals surface area contributed by atoms with Crippen LogP contribution in [0.5, 0.6) is 11.5 Å². The Morgan fingerprint density at radius 2 is 2.04 bits per heavy atom. The molecule has 0 aromatic heterocycles. The van der Waals surface area contributed by atoms with Crippen LogP contribution in [0.3, 0.4) is 0 Å². The summed E-state index contributed by atoms with van der Waals surface area (Å²) in [6.45, 7) is 2.03. The number of sulfonamides is 1. The van der Waals surface area contributed by atoms with Crippen molar-refractivity contribution in [2.75, 3.05) is 29.5 Å². The van der Waals surface area contributed by atoms with Crippen LogP contribution < -0.4 is 19.1 Å². The fourth-order valence-electron chi connectivity index (χ4n) is 2.94. The molecule has 1 atom stereocenters. The van der Waals surface area contributed by atoms with Crippen molar-refractivity contribution >= 4 is 27.3 Å². The first kappa shape index (κ1) is 19.0. The maximum Gasteiger partial charge on any atom is 0.265 e. The molecule has 0 saturated carbocycles. The van der Waals surface area contributed by atoms with Gasteiger partial charge in [-0.1, -0.05) is 12.1 Å². The van der Waals surface area contributed by atoms with Crippen LogP contribution >= 0.6 is 0 Å². The number of hydrogen-bond donors (Lipinski definition) is 1. The van der Waals surface area contributed by atoms with E-state index in [0.29, 0.717) is 22.9 Å². The van der Waals surface area contributed by atoms with Crippen LogP contribution in [0.25, 0.3) is 0 Å². The van der Waals surface area contributed by atoms with E-state index < -0.39 is 16.1 Å². The molecule has 7 nitrogen and oxygen atoms in total. The largest absolute Gasteiger partial charge is 0.497 e. The molecule has 2 aromatic carbocycles. The van der Waals surface area contributed by atoms with Gasteiger partial charge >= 0.3 is 0 Å². The van der Waals surface area contributed by atoms with Crippen molar-refractivity contribution in [2.45, 2.75) is 19.4 Å². The summed E-state index contributed by atoms with van der Waals surface area (Å²) in [5, 5.41) is 2.80. The lowest BCUT2D eigenvalue weighted by molar-refractivity contribution is -0.122. The van der Waals surface area contributed by atoms with Crippen molar-refractivity contribution in [3.8, 4) is 11.5 Å². The van der Waals surface area contributed by atoms with Gasteiger partial charge in [0, 0.05) is 24.7 Å². The van der Waals surface area contributed by atoms with Gasteiger partial charge in [0.1, 0.15) is 11.5 Å². The lowest BCUT2D eigenvalue weighted by Crippen LogP contribution is -2.35. The molecular weight excluding hydrogens is 368 g/mol. The van der Waals surface area contributed by atoms with Crippen LogP contribution in [0.1, 0.15) is 12.0 Å². The van der Waals surface area contributed by atoms with E-state index in [1.807, 2.05) is 13.0 Å². The monoisotopic (exact) mass is 390 g/mol. The molecule has 0 bridgehead atoms. The molecule has 3 rings (SSSR count). The fraction of sp³-hybridized carbons (Fsp3) is 0.316. The number of nitrogens with zero attached hydrogens (tertiary/aromatic N) is 1. The van der Waals surface area contributed by atoms with Gasteiger partial charge in [-0.3, -0.25) is 9.10 Å². The molecule has 1 amide bonds. The standard InChI is InChI=1S/C19H22N2O5S/c1-13-7-8-17-16(11-13)21(27(3,23)24)10-9-18(26-17)19(22)20-14-5-4-6-15(12-14)25-2/h4-8,11-12,18H,9-10H2,1-3H3,(H,20,22)/t18-/m1/s1. The molecule has 0 spiro atoms. The summed E-state index contributed by atoms with van der Waals surface area (Å²) in [4.78, 5) is 12.7. The second kappa shape index (κ2) is 7.48. The molecule has 27 heavy (non-hydrogen) atoms. The average molecular weight is 390 g/mol. The highest BCUT2D eigenvalue weighted by molar-refractivity contribution is 7.92. The fourth-order valence-corrected chi connectivity index (χ4v) is 3.88. The Labute approximate surface area is 158 Å². The van der Waals surface area contributed by atoms with Gasteiger partial charge in [0.15, 0.2) is 6.10 Å². The summed E-state index contributed by atoms with van der Waals surface area (Å²) >= 11 is 0. The van der Waals surface area contributed by atoms with Gasteiger partial charge in [0.25, 0.3) is 5.91 Å². The maximum atomic E-state index is 12.7. The minimum absolute atomic E-state index is 0.158. The van der Waals surface area contributed by atoms with E-state index >= 15 is 0 Å². The molecule has 0 aliphatic carbocycles. The van der Waals surface area contributed by atoms with Crippen molar-refractivity contribution in [2.24, 2.45) is 0 Å². The number of carbonyl (C=O) groups is 1. The predicted octanol–water partition coefficient (Wildman–Crippen LogP) is 2.56. The van der Waals surface area contributed by atoms with Crippen molar-refractivity contribution in [3.05, 3.63) is 48.0 Å². The molecule has 8 heteroatoms. The molecule has 1 heterocycles. The third-order valence-electron chi connectivity index (χ3n) is 4.28. The topological polar surface area (TPSA) is 84.9 Å². The number of aryl methyl sites for hydroxylation is 1. The minimum Gasteiger partial charge on any atom is -0.497 e. The van der Waals surface area contributed by atoms with E-state index in [2.05, 4.69) is 5.32 Å². The highest BCUT2D eigenvalue weighted by atomic mass is 32.2. The molecule has 1 aliphatic rings. The van der Waals surface area contributed by atoms with Gasteiger partial charge in [-0.25, -0.2) is 8.42 Å². The third-order valence-corrected chi connectivity index (χ3v) is 5.46. The van der Waals surface area contributed by atoms with Gasteiger partial charge in [-0.15, -0.1) is 0 Å².